The second kappa shape index (κ2) is 7.65. The van der Waals surface area contributed by atoms with Gasteiger partial charge in [0.25, 0.3) is 0 Å². The molecule has 1 aromatic heterocycles. The predicted molar refractivity (Wildman–Crippen MR) is 119 cm³/mol. The molecule has 0 aliphatic heterocycles. The fraction of sp³-hybridized carbons (Fsp3) is 0. The van der Waals surface area contributed by atoms with Crippen molar-refractivity contribution in [3.05, 3.63) is 83.6 Å². The average molecular weight is 431 g/mol. The molecule has 0 radical (unpaired) electrons. The van der Waals surface area contributed by atoms with Crippen LogP contribution in [0.4, 0.5) is 5.69 Å². The molecular formula is C23H17N3O4S. The highest BCUT2D eigenvalue weighted by molar-refractivity contribution is 7.89. The zero-order valence-corrected chi connectivity index (χ0v) is 16.9. The summed E-state index contributed by atoms with van der Waals surface area (Å²) in [6.07, 6.45) is 1.81. The number of carboxylic acids is 1. The van der Waals surface area contributed by atoms with Crippen LogP contribution < -0.4 is 10.9 Å². The molecule has 0 atom stereocenters. The van der Waals surface area contributed by atoms with Crippen LogP contribution in [-0.2, 0) is 10.0 Å². The van der Waals surface area contributed by atoms with Crippen LogP contribution in [0.15, 0.2) is 71.8 Å². The molecule has 0 spiro atoms. The summed E-state index contributed by atoms with van der Waals surface area (Å²) in [6.45, 7) is 0. The summed E-state index contributed by atoms with van der Waals surface area (Å²) < 4.78 is 23.4. The first-order chi connectivity index (χ1) is 14.7. The first kappa shape index (κ1) is 20.2. The molecule has 0 aliphatic rings. The van der Waals surface area contributed by atoms with Crippen LogP contribution in [-0.4, -0.2) is 24.5 Å². The number of nitrogens with one attached hydrogen (secondary N) is 1. The summed E-state index contributed by atoms with van der Waals surface area (Å²) in [4.78, 5) is 14.8. The van der Waals surface area contributed by atoms with Crippen molar-refractivity contribution in [3.8, 4) is 23.0 Å². The first-order valence-electron chi connectivity index (χ1n) is 9.12. The molecule has 6 N–H and O–H groups in total. The van der Waals surface area contributed by atoms with Gasteiger partial charge in [0.05, 0.1) is 11.3 Å². The molecule has 0 saturated carbocycles. The molecule has 0 saturated heterocycles. The van der Waals surface area contributed by atoms with Crippen LogP contribution in [0.3, 0.4) is 0 Å². The second-order valence-corrected chi connectivity index (χ2v) is 8.39. The van der Waals surface area contributed by atoms with Crippen LogP contribution in [0.25, 0.3) is 22.0 Å². The van der Waals surface area contributed by atoms with Gasteiger partial charge in [-0.3, -0.25) is 0 Å². The van der Waals surface area contributed by atoms with Crippen LogP contribution in [0.2, 0.25) is 0 Å². The smallest absolute Gasteiger partial charge is 0.336 e. The Morgan fingerprint density at radius 1 is 1.00 bits per heavy atom. The van der Waals surface area contributed by atoms with E-state index < -0.39 is 16.0 Å². The van der Waals surface area contributed by atoms with Crippen LogP contribution in [0.1, 0.15) is 21.5 Å². The molecule has 0 fully saturated rings. The normalized spacial score (nSPS) is 11.1. The third-order valence-electron chi connectivity index (χ3n) is 4.80. The SMILES string of the molecule is Nc1ccc(C#Cc2cccc(C(=O)O)c2-c2ccc3cc[nH]c3c2)cc1S(N)(=O)=O. The fourth-order valence-electron chi connectivity index (χ4n) is 3.35. The maximum absolute atomic E-state index is 11.9. The van der Waals surface area contributed by atoms with Gasteiger partial charge in [0.2, 0.25) is 10.0 Å². The number of aromatic carboxylic acids is 1. The van der Waals surface area contributed by atoms with Crippen LogP contribution >= 0.6 is 0 Å². The molecule has 8 heteroatoms. The van der Waals surface area contributed by atoms with E-state index in [1.54, 1.807) is 18.2 Å². The van der Waals surface area contributed by atoms with E-state index in [2.05, 4.69) is 16.8 Å². The number of fused-ring (bicyclic) bond motifs is 1. The van der Waals surface area contributed by atoms with Gasteiger partial charge in [0.1, 0.15) is 4.90 Å². The monoisotopic (exact) mass is 431 g/mol. The number of nitrogens with two attached hydrogens (primary N) is 2. The second-order valence-electron chi connectivity index (χ2n) is 6.86. The van der Waals surface area contributed by atoms with Crippen molar-refractivity contribution in [2.75, 3.05) is 5.73 Å². The maximum atomic E-state index is 11.9. The van der Waals surface area contributed by atoms with Gasteiger partial charge in [-0.1, -0.05) is 30.0 Å². The van der Waals surface area contributed by atoms with Crippen molar-refractivity contribution in [1.29, 1.82) is 0 Å². The molecule has 0 amide bonds. The Hall–Kier alpha value is -4.06. The summed E-state index contributed by atoms with van der Waals surface area (Å²) >= 11 is 0. The van der Waals surface area contributed by atoms with E-state index in [1.807, 2.05) is 30.5 Å². The molecule has 154 valence electrons. The average Bonchev–Trinajstić information content (AvgIpc) is 3.19. The number of carboxylic acid groups (broad SMARTS) is 1. The van der Waals surface area contributed by atoms with E-state index in [1.165, 1.54) is 18.2 Å². The van der Waals surface area contributed by atoms with E-state index in [9.17, 15) is 18.3 Å². The number of aromatic amines is 1. The van der Waals surface area contributed by atoms with Crippen molar-refractivity contribution in [3.63, 3.8) is 0 Å². The van der Waals surface area contributed by atoms with E-state index in [4.69, 9.17) is 10.9 Å². The van der Waals surface area contributed by atoms with Gasteiger partial charge in [-0.2, -0.15) is 0 Å². The van der Waals surface area contributed by atoms with Crippen molar-refractivity contribution >= 4 is 32.6 Å². The Bertz CT molecular complexity index is 1510. The van der Waals surface area contributed by atoms with Gasteiger partial charge in [-0.05, 0) is 53.4 Å². The number of sulfonamides is 1. The molecule has 1 heterocycles. The molecule has 3 aromatic carbocycles. The summed E-state index contributed by atoms with van der Waals surface area (Å²) in [5.74, 6) is 4.77. The van der Waals surface area contributed by atoms with E-state index >= 15 is 0 Å². The zero-order valence-electron chi connectivity index (χ0n) is 16.1. The molecule has 7 nitrogen and oxygen atoms in total. The predicted octanol–water partition coefficient (Wildman–Crippen LogP) is 3.16. The number of primary sulfonamides is 1. The van der Waals surface area contributed by atoms with Gasteiger partial charge >= 0.3 is 5.97 Å². The molecule has 4 rings (SSSR count). The minimum atomic E-state index is -4.00. The summed E-state index contributed by atoms with van der Waals surface area (Å²) in [7, 11) is -4.00. The molecule has 31 heavy (non-hydrogen) atoms. The highest BCUT2D eigenvalue weighted by atomic mass is 32.2. The van der Waals surface area contributed by atoms with Crippen molar-refractivity contribution in [1.82, 2.24) is 4.98 Å². The molecule has 0 bridgehead atoms. The number of H-pyrrole nitrogens is 1. The van der Waals surface area contributed by atoms with Crippen LogP contribution in [0, 0.1) is 11.8 Å². The fourth-order valence-corrected chi connectivity index (χ4v) is 4.03. The van der Waals surface area contributed by atoms with E-state index in [0.717, 1.165) is 10.9 Å². The number of anilines is 1. The zero-order chi connectivity index (χ0) is 22.2. The summed E-state index contributed by atoms with van der Waals surface area (Å²) in [5, 5.41) is 15.9. The lowest BCUT2D eigenvalue weighted by Gasteiger charge is -2.10. The number of aromatic nitrogens is 1. The Morgan fingerprint density at radius 2 is 1.81 bits per heavy atom. The number of carbonyl (C=O) groups is 1. The quantitative estimate of drug-likeness (QED) is 0.291. The third-order valence-corrected chi connectivity index (χ3v) is 5.77. The van der Waals surface area contributed by atoms with Crippen LogP contribution in [0.5, 0.6) is 0 Å². The maximum Gasteiger partial charge on any atom is 0.336 e. The van der Waals surface area contributed by atoms with Gasteiger partial charge in [0.15, 0.2) is 0 Å². The number of hydrogen-bond donors (Lipinski definition) is 4. The number of rotatable bonds is 3. The van der Waals surface area contributed by atoms with E-state index in [0.29, 0.717) is 22.3 Å². The Labute approximate surface area is 178 Å². The van der Waals surface area contributed by atoms with Gasteiger partial charge < -0.3 is 15.8 Å². The van der Waals surface area contributed by atoms with E-state index in [-0.39, 0.29) is 16.1 Å². The Balaban J connectivity index is 1.88. The number of nitrogen functional groups attached to an aromatic ring is 1. The minimum absolute atomic E-state index is 0.0286. The minimum Gasteiger partial charge on any atom is -0.478 e. The highest BCUT2D eigenvalue weighted by Crippen LogP contribution is 2.30. The lowest BCUT2D eigenvalue weighted by molar-refractivity contribution is 0.0697. The molecule has 4 aromatic rings. The lowest BCUT2D eigenvalue weighted by atomic mass is 9.93. The van der Waals surface area contributed by atoms with Crippen molar-refractivity contribution in [2.45, 2.75) is 4.90 Å². The van der Waals surface area contributed by atoms with Crippen molar-refractivity contribution in [2.24, 2.45) is 5.14 Å². The molecule has 0 aliphatic carbocycles. The Kier molecular flexibility index (Phi) is 4.99. The van der Waals surface area contributed by atoms with Gasteiger partial charge in [-0.15, -0.1) is 0 Å². The first-order valence-corrected chi connectivity index (χ1v) is 10.7. The standard InChI is InChI=1S/C23H17N3O4S/c24-19-9-5-14(12-21(19)31(25,29)30)4-6-16-2-1-3-18(23(27)28)22(16)17-8-7-15-10-11-26-20(15)13-17/h1-3,5,7-13,26H,24H2,(H,27,28)(H2,25,29,30). The Morgan fingerprint density at radius 3 is 2.55 bits per heavy atom. The van der Waals surface area contributed by atoms with Gasteiger partial charge in [0, 0.05) is 28.4 Å². The number of benzene rings is 3. The largest absolute Gasteiger partial charge is 0.478 e. The summed E-state index contributed by atoms with van der Waals surface area (Å²) in [6, 6.07) is 16.7. The lowest BCUT2D eigenvalue weighted by Crippen LogP contribution is -2.14. The topological polar surface area (TPSA) is 139 Å². The molecule has 0 unspecified atom stereocenters. The van der Waals surface area contributed by atoms with Crippen molar-refractivity contribution < 1.29 is 18.3 Å². The third kappa shape index (κ3) is 4.00. The summed E-state index contributed by atoms with van der Waals surface area (Å²) in [5.41, 5.74) is 8.74. The molecular weight excluding hydrogens is 414 g/mol. The number of hydrogen-bond acceptors (Lipinski definition) is 4. The highest BCUT2D eigenvalue weighted by Gasteiger charge is 2.16. The van der Waals surface area contributed by atoms with Gasteiger partial charge in [-0.25, -0.2) is 18.4 Å².